The quantitative estimate of drug-likeness (QED) is 0.229. The van der Waals surface area contributed by atoms with Crippen LogP contribution in [0.2, 0.25) is 0 Å². The van der Waals surface area contributed by atoms with Gasteiger partial charge in [-0.15, -0.1) is 0 Å². The van der Waals surface area contributed by atoms with Crippen LogP contribution in [0.15, 0.2) is 71.6 Å². The van der Waals surface area contributed by atoms with Gasteiger partial charge in [0.15, 0.2) is 15.8 Å². The second-order valence-electron chi connectivity index (χ2n) is 7.68. The van der Waals surface area contributed by atoms with Crippen LogP contribution in [0, 0.1) is 6.92 Å². The highest BCUT2D eigenvalue weighted by atomic mass is 32.2. The lowest BCUT2D eigenvalue weighted by molar-refractivity contribution is -0.113. The summed E-state index contributed by atoms with van der Waals surface area (Å²) in [6, 6.07) is 20.2. The van der Waals surface area contributed by atoms with Gasteiger partial charge in [-0.1, -0.05) is 60.4 Å². The second-order valence-corrected chi connectivity index (χ2v) is 9.36. The minimum atomic E-state index is -0.482. The van der Waals surface area contributed by atoms with Gasteiger partial charge in [0.25, 0.3) is 5.91 Å². The Hall–Kier alpha value is -3.62. The molecule has 1 heterocycles. The number of esters is 1. The maximum atomic E-state index is 13.2. The maximum Gasteiger partial charge on any atom is 0.337 e. The number of thiocarbonyl (C=S) groups is 1. The Balaban J connectivity index is 1.54. The van der Waals surface area contributed by atoms with Gasteiger partial charge in [-0.3, -0.25) is 9.69 Å². The third kappa shape index (κ3) is 5.39. The number of amides is 1. The minimum Gasteiger partial charge on any atom is -0.493 e. The average Bonchev–Trinajstić information content (AvgIpc) is 3.15. The highest BCUT2D eigenvalue weighted by molar-refractivity contribution is 8.27. The number of thioether (sulfide) groups is 1. The first kappa shape index (κ1) is 24.5. The minimum absolute atomic E-state index is 0.263. The number of nitrogens with zero attached hydrogens (tertiary/aromatic N) is 1. The summed E-state index contributed by atoms with van der Waals surface area (Å²) in [4.78, 5) is 26.9. The van der Waals surface area contributed by atoms with Gasteiger partial charge in [-0.05, 0) is 60.0 Å². The van der Waals surface area contributed by atoms with Crippen molar-refractivity contribution in [2.24, 2.45) is 0 Å². The average molecular weight is 506 g/mol. The van der Waals surface area contributed by atoms with E-state index in [-0.39, 0.29) is 5.91 Å². The Kier molecular flexibility index (Phi) is 7.53. The van der Waals surface area contributed by atoms with E-state index < -0.39 is 5.97 Å². The first-order valence-electron chi connectivity index (χ1n) is 10.7. The highest BCUT2D eigenvalue weighted by Crippen LogP contribution is 2.37. The Morgan fingerprint density at radius 1 is 1.03 bits per heavy atom. The summed E-state index contributed by atoms with van der Waals surface area (Å²) in [6.07, 6.45) is 1.76. The molecule has 1 saturated heterocycles. The molecule has 1 amide bonds. The number of anilines is 1. The van der Waals surface area contributed by atoms with E-state index in [9.17, 15) is 9.59 Å². The number of aryl methyl sites for hydroxylation is 1. The normalized spacial score (nSPS) is 14.4. The summed E-state index contributed by atoms with van der Waals surface area (Å²) < 4.78 is 16.7. The molecule has 1 aliphatic heterocycles. The molecule has 0 bridgehead atoms. The molecule has 6 nitrogen and oxygen atoms in total. The second kappa shape index (κ2) is 10.8. The van der Waals surface area contributed by atoms with Gasteiger partial charge < -0.3 is 14.2 Å². The highest BCUT2D eigenvalue weighted by Gasteiger charge is 2.33. The molecular formula is C27H23NO5S2. The number of carbonyl (C=O) groups is 2. The fourth-order valence-electron chi connectivity index (χ4n) is 3.55. The summed E-state index contributed by atoms with van der Waals surface area (Å²) >= 11 is 6.66. The van der Waals surface area contributed by atoms with Crippen LogP contribution in [0.1, 0.15) is 27.0 Å². The van der Waals surface area contributed by atoms with E-state index >= 15 is 0 Å². The largest absolute Gasteiger partial charge is 0.493 e. The Morgan fingerprint density at radius 2 is 1.83 bits per heavy atom. The fraction of sp³-hybridized carbons (Fsp3) is 0.148. The zero-order valence-electron chi connectivity index (χ0n) is 19.4. The topological polar surface area (TPSA) is 65.1 Å². The molecule has 0 aromatic heterocycles. The molecule has 3 aromatic carbocycles. The van der Waals surface area contributed by atoms with Crippen LogP contribution < -0.4 is 14.4 Å². The predicted octanol–water partition coefficient (Wildman–Crippen LogP) is 5.78. The third-order valence-corrected chi connectivity index (χ3v) is 6.75. The van der Waals surface area contributed by atoms with Gasteiger partial charge in [0.1, 0.15) is 6.61 Å². The standard InChI is InChI=1S/C27H23NO5S2/c1-17-7-4-5-8-20(17)16-33-22-12-11-18(13-23(22)31-2)14-24-25(29)28(27(34)35-24)21-10-6-9-19(15-21)26(30)32-3/h4-15H,16H2,1-3H3/b24-14-. The van der Waals surface area contributed by atoms with Crippen molar-refractivity contribution in [3.05, 3.63) is 93.9 Å². The van der Waals surface area contributed by atoms with E-state index in [4.69, 9.17) is 26.4 Å². The lowest BCUT2D eigenvalue weighted by Crippen LogP contribution is -2.27. The summed E-state index contributed by atoms with van der Waals surface area (Å²) in [7, 11) is 2.89. The van der Waals surface area contributed by atoms with Gasteiger partial charge >= 0.3 is 5.97 Å². The SMILES string of the molecule is COC(=O)c1cccc(N2C(=O)/C(=C/c3ccc(OCc4ccccc4C)c(OC)c3)SC2=S)c1. The molecule has 178 valence electrons. The van der Waals surface area contributed by atoms with Crippen LogP contribution >= 0.6 is 24.0 Å². The Morgan fingerprint density at radius 3 is 2.57 bits per heavy atom. The van der Waals surface area contributed by atoms with Crippen LogP contribution in [-0.4, -0.2) is 30.4 Å². The van der Waals surface area contributed by atoms with Crippen LogP contribution in [0.4, 0.5) is 5.69 Å². The van der Waals surface area contributed by atoms with Crippen LogP contribution in [-0.2, 0) is 16.1 Å². The van der Waals surface area contributed by atoms with E-state index in [2.05, 4.69) is 0 Å². The molecule has 0 radical (unpaired) electrons. The summed E-state index contributed by atoms with van der Waals surface area (Å²) in [5.41, 5.74) is 3.88. The van der Waals surface area contributed by atoms with E-state index in [0.29, 0.717) is 38.6 Å². The molecule has 0 spiro atoms. The van der Waals surface area contributed by atoms with Crippen molar-refractivity contribution in [1.29, 1.82) is 0 Å². The van der Waals surface area contributed by atoms with Crippen molar-refractivity contribution in [1.82, 2.24) is 0 Å². The molecule has 4 rings (SSSR count). The van der Waals surface area contributed by atoms with Gasteiger partial charge in [0.05, 0.1) is 30.4 Å². The van der Waals surface area contributed by atoms with E-state index in [1.807, 2.05) is 49.4 Å². The Bertz CT molecular complexity index is 1330. The van der Waals surface area contributed by atoms with Gasteiger partial charge in [-0.25, -0.2) is 4.79 Å². The van der Waals surface area contributed by atoms with Crippen molar-refractivity contribution in [3.8, 4) is 11.5 Å². The van der Waals surface area contributed by atoms with Crippen molar-refractivity contribution >= 4 is 51.9 Å². The lowest BCUT2D eigenvalue weighted by Gasteiger charge is -2.15. The van der Waals surface area contributed by atoms with Gasteiger partial charge in [0, 0.05) is 0 Å². The number of methoxy groups -OCH3 is 2. The van der Waals surface area contributed by atoms with Crippen LogP contribution in [0.5, 0.6) is 11.5 Å². The summed E-state index contributed by atoms with van der Waals surface area (Å²) in [5.74, 6) is 0.430. The zero-order valence-corrected chi connectivity index (χ0v) is 21.1. The Labute approximate surface area is 213 Å². The van der Waals surface area contributed by atoms with E-state index in [1.165, 1.54) is 23.8 Å². The molecular weight excluding hydrogens is 482 g/mol. The number of rotatable bonds is 7. The van der Waals surface area contributed by atoms with Crippen molar-refractivity contribution < 1.29 is 23.8 Å². The fourth-order valence-corrected chi connectivity index (χ4v) is 4.85. The monoisotopic (exact) mass is 505 g/mol. The molecule has 0 atom stereocenters. The van der Waals surface area contributed by atoms with Crippen LogP contribution in [0.3, 0.4) is 0 Å². The number of hydrogen-bond acceptors (Lipinski definition) is 7. The molecule has 0 unspecified atom stereocenters. The van der Waals surface area contributed by atoms with E-state index in [1.54, 1.807) is 37.5 Å². The third-order valence-electron chi connectivity index (χ3n) is 5.45. The van der Waals surface area contributed by atoms with Gasteiger partial charge in [-0.2, -0.15) is 0 Å². The lowest BCUT2D eigenvalue weighted by atomic mass is 10.1. The summed E-state index contributed by atoms with van der Waals surface area (Å²) in [6.45, 7) is 2.46. The predicted molar refractivity (Wildman–Crippen MR) is 142 cm³/mol. The number of benzene rings is 3. The van der Waals surface area contributed by atoms with Gasteiger partial charge in [0.2, 0.25) is 0 Å². The molecule has 0 aliphatic carbocycles. The van der Waals surface area contributed by atoms with Crippen molar-refractivity contribution in [3.63, 3.8) is 0 Å². The first-order chi connectivity index (χ1) is 16.9. The number of ether oxygens (including phenoxy) is 3. The number of carbonyl (C=O) groups excluding carboxylic acids is 2. The number of hydrogen-bond donors (Lipinski definition) is 0. The van der Waals surface area contributed by atoms with Crippen LogP contribution in [0.25, 0.3) is 6.08 Å². The smallest absolute Gasteiger partial charge is 0.337 e. The molecule has 3 aromatic rings. The maximum absolute atomic E-state index is 13.2. The molecule has 35 heavy (non-hydrogen) atoms. The molecule has 8 heteroatoms. The molecule has 0 saturated carbocycles. The van der Waals surface area contributed by atoms with E-state index in [0.717, 1.165) is 16.7 Å². The summed E-state index contributed by atoms with van der Waals surface area (Å²) in [5, 5.41) is 0. The first-order valence-corrected chi connectivity index (χ1v) is 12.0. The zero-order chi connectivity index (χ0) is 24.9. The van der Waals surface area contributed by atoms with Crippen molar-refractivity contribution in [2.75, 3.05) is 19.1 Å². The molecule has 1 fully saturated rings. The molecule has 0 N–H and O–H groups in total. The van der Waals surface area contributed by atoms with Crippen molar-refractivity contribution in [2.45, 2.75) is 13.5 Å². The molecule has 1 aliphatic rings.